The molecule has 4 unspecified atom stereocenters. The van der Waals surface area contributed by atoms with Crippen molar-refractivity contribution in [2.45, 2.75) is 19.8 Å². The maximum Gasteiger partial charge on any atom is 0.318 e. The summed E-state index contributed by atoms with van der Waals surface area (Å²) >= 11 is 0. The van der Waals surface area contributed by atoms with Crippen molar-refractivity contribution in [1.82, 2.24) is 0 Å². The summed E-state index contributed by atoms with van der Waals surface area (Å²) in [5.74, 6) is -2.77. The fraction of sp³-hybridized carbons (Fsp3) is 0.583. The van der Waals surface area contributed by atoms with Crippen molar-refractivity contribution in [2.75, 3.05) is 0 Å². The topological polar surface area (TPSA) is 60.4 Å². The van der Waals surface area contributed by atoms with E-state index in [0.717, 1.165) is 18.4 Å². The number of cyclic esters (lactones) is 2. The van der Waals surface area contributed by atoms with Crippen LogP contribution in [-0.4, -0.2) is 17.7 Å². The van der Waals surface area contributed by atoms with Gasteiger partial charge in [0.25, 0.3) is 0 Å². The average Bonchev–Trinajstić information content (AvgIpc) is 2.79. The van der Waals surface area contributed by atoms with E-state index in [1.54, 1.807) is 0 Å². The van der Waals surface area contributed by atoms with Gasteiger partial charge in [0.05, 0.1) is 23.7 Å². The van der Waals surface area contributed by atoms with Gasteiger partial charge in [0.15, 0.2) is 0 Å². The van der Waals surface area contributed by atoms with Crippen LogP contribution in [0.4, 0.5) is 0 Å². The molecule has 3 aliphatic rings. The number of esters is 2. The van der Waals surface area contributed by atoms with Gasteiger partial charge in [-0.3, -0.25) is 14.4 Å². The van der Waals surface area contributed by atoms with Crippen LogP contribution in [0.5, 0.6) is 0 Å². The zero-order valence-electron chi connectivity index (χ0n) is 8.93. The molecule has 16 heavy (non-hydrogen) atoms. The highest BCUT2D eigenvalue weighted by Crippen LogP contribution is 2.53. The number of hydrogen-bond donors (Lipinski definition) is 0. The number of rotatable bonds is 2. The number of carbonyl (C=O) groups excluding carboxylic acids is 3. The van der Waals surface area contributed by atoms with Crippen LogP contribution in [0.1, 0.15) is 19.8 Å². The van der Waals surface area contributed by atoms with Crippen molar-refractivity contribution in [3.8, 4) is 0 Å². The lowest BCUT2D eigenvalue weighted by atomic mass is 9.80. The van der Waals surface area contributed by atoms with Crippen LogP contribution in [0.25, 0.3) is 0 Å². The van der Waals surface area contributed by atoms with Gasteiger partial charge in [-0.15, -0.1) is 0 Å². The molecule has 0 N–H and O–H groups in total. The summed E-state index contributed by atoms with van der Waals surface area (Å²) in [6.45, 7) is 2.03. The lowest BCUT2D eigenvalue weighted by Crippen LogP contribution is -2.24. The number of hydrogen-bond acceptors (Lipinski definition) is 4. The van der Waals surface area contributed by atoms with Gasteiger partial charge in [-0.05, 0) is 6.42 Å². The predicted octanol–water partition coefficient (Wildman–Crippen LogP) is 0.857. The Morgan fingerprint density at radius 3 is 2.56 bits per heavy atom. The summed E-state index contributed by atoms with van der Waals surface area (Å²) in [6, 6.07) is 0. The minimum Gasteiger partial charge on any atom is -0.393 e. The van der Waals surface area contributed by atoms with Crippen LogP contribution in [0, 0.1) is 23.7 Å². The highest BCUT2D eigenvalue weighted by Gasteiger charge is 2.64. The van der Waals surface area contributed by atoms with Gasteiger partial charge in [-0.25, -0.2) is 0 Å². The average molecular weight is 220 g/mol. The van der Waals surface area contributed by atoms with E-state index in [1.807, 2.05) is 13.0 Å². The van der Waals surface area contributed by atoms with Gasteiger partial charge >= 0.3 is 11.9 Å². The smallest absolute Gasteiger partial charge is 0.318 e. The highest BCUT2D eigenvalue weighted by molar-refractivity contribution is 6.09. The molecule has 4 heteroatoms. The second kappa shape index (κ2) is 3.03. The molecule has 84 valence electrons. The zero-order chi connectivity index (χ0) is 11.4. The molecular weight excluding hydrogens is 208 g/mol. The molecule has 3 rings (SSSR count). The Bertz CT molecular complexity index is 434. The van der Waals surface area contributed by atoms with E-state index in [2.05, 4.69) is 4.74 Å². The first-order valence-corrected chi connectivity index (χ1v) is 5.65. The summed E-state index contributed by atoms with van der Waals surface area (Å²) < 4.78 is 4.62. The normalized spacial score (nSPS) is 40.1. The molecule has 4 nitrogen and oxygen atoms in total. The van der Waals surface area contributed by atoms with E-state index in [0.29, 0.717) is 0 Å². The molecule has 1 saturated heterocycles. The van der Waals surface area contributed by atoms with Gasteiger partial charge in [0.1, 0.15) is 5.78 Å². The number of carbonyl (C=O) groups is 3. The number of ether oxygens (including phenoxy) is 1. The third-order valence-electron chi connectivity index (χ3n) is 3.85. The lowest BCUT2D eigenvalue weighted by Gasteiger charge is -2.18. The van der Waals surface area contributed by atoms with Gasteiger partial charge in [-0.2, -0.15) is 0 Å². The molecule has 4 atom stereocenters. The summed E-state index contributed by atoms with van der Waals surface area (Å²) in [6.07, 6.45) is 3.66. The molecule has 0 radical (unpaired) electrons. The molecule has 2 bridgehead atoms. The van der Waals surface area contributed by atoms with Crippen LogP contribution < -0.4 is 0 Å². The highest BCUT2D eigenvalue weighted by atomic mass is 16.6. The molecule has 1 heterocycles. The molecule has 2 aliphatic carbocycles. The Labute approximate surface area is 92.6 Å². The molecule has 0 aromatic carbocycles. The van der Waals surface area contributed by atoms with Crippen molar-refractivity contribution < 1.29 is 19.1 Å². The van der Waals surface area contributed by atoms with Crippen molar-refractivity contribution in [2.24, 2.45) is 23.7 Å². The molecular formula is C12H12O4. The SMILES string of the molecule is CCCC1=CC2C(=O)C1C1C(=O)OC(=O)C21. The Morgan fingerprint density at radius 2 is 1.88 bits per heavy atom. The van der Waals surface area contributed by atoms with Crippen LogP contribution in [0.2, 0.25) is 0 Å². The third-order valence-corrected chi connectivity index (χ3v) is 3.85. The molecule has 1 saturated carbocycles. The van der Waals surface area contributed by atoms with Crippen LogP contribution in [0.3, 0.4) is 0 Å². The minimum absolute atomic E-state index is 0.0449. The first-order valence-electron chi connectivity index (χ1n) is 5.65. The van der Waals surface area contributed by atoms with Crippen molar-refractivity contribution in [3.05, 3.63) is 11.6 Å². The molecule has 0 aromatic rings. The zero-order valence-corrected chi connectivity index (χ0v) is 8.93. The number of Topliss-reactive ketones (excluding diaryl/α,β-unsaturated/α-hetero) is 1. The first-order chi connectivity index (χ1) is 7.65. The fourth-order valence-electron chi connectivity index (χ4n) is 3.26. The summed E-state index contributed by atoms with van der Waals surface area (Å²) in [7, 11) is 0. The van der Waals surface area contributed by atoms with E-state index in [9.17, 15) is 14.4 Å². The third kappa shape index (κ3) is 0.970. The molecule has 0 aromatic heterocycles. The maximum atomic E-state index is 11.9. The Hall–Kier alpha value is -1.45. The van der Waals surface area contributed by atoms with E-state index < -0.39 is 29.7 Å². The van der Waals surface area contributed by atoms with Crippen molar-refractivity contribution in [3.63, 3.8) is 0 Å². The van der Waals surface area contributed by atoms with Crippen molar-refractivity contribution in [1.29, 1.82) is 0 Å². The number of allylic oxidation sites excluding steroid dienone is 2. The van der Waals surface area contributed by atoms with Crippen LogP contribution in [0.15, 0.2) is 11.6 Å². The van der Waals surface area contributed by atoms with E-state index in [1.165, 1.54) is 0 Å². The molecule has 0 spiro atoms. The summed E-state index contributed by atoms with van der Waals surface area (Å²) in [4.78, 5) is 34.9. The Morgan fingerprint density at radius 1 is 1.19 bits per heavy atom. The van der Waals surface area contributed by atoms with Gasteiger partial charge in [-0.1, -0.05) is 25.0 Å². The Kier molecular flexibility index (Phi) is 1.85. The lowest BCUT2D eigenvalue weighted by molar-refractivity contribution is -0.155. The van der Waals surface area contributed by atoms with E-state index in [-0.39, 0.29) is 11.7 Å². The number of ketones is 1. The standard InChI is InChI=1S/C12H12O4/c1-2-3-5-4-6-8-9(7(5)10(6)13)12(15)16-11(8)14/h4,6-9H,2-3H2,1H3. The van der Waals surface area contributed by atoms with E-state index >= 15 is 0 Å². The van der Waals surface area contributed by atoms with Gasteiger partial charge < -0.3 is 4.74 Å². The molecule has 2 fully saturated rings. The summed E-state index contributed by atoms with van der Waals surface area (Å²) in [5, 5.41) is 0. The van der Waals surface area contributed by atoms with Crippen LogP contribution in [-0.2, 0) is 19.1 Å². The summed E-state index contributed by atoms with van der Waals surface area (Å²) in [5.41, 5.74) is 1.03. The second-order valence-corrected chi connectivity index (χ2v) is 4.69. The fourth-order valence-corrected chi connectivity index (χ4v) is 3.26. The van der Waals surface area contributed by atoms with Gasteiger partial charge in [0.2, 0.25) is 0 Å². The van der Waals surface area contributed by atoms with E-state index in [4.69, 9.17) is 0 Å². The molecule has 0 amide bonds. The monoisotopic (exact) mass is 220 g/mol. The largest absolute Gasteiger partial charge is 0.393 e. The van der Waals surface area contributed by atoms with Gasteiger partial charge in [0, 0.05) is 0 Å². The molecule has 1 aliphatic heterocycles. The maximum absolute atomic E-state index is 11.9. The predicted molar refractivity (Wildman–Crippen MR) is 53.1 cm³/mol. The minimum atomic E-state index is -0.523. The second-order valence-electron chi connectivity index (χ2n) is 4.69. The van der Waals surface area contributed by atoms with Crippen molar-refractivity contribution >= 4 is 17.7 Å². The van der Waals surface area contributed by atoms with Crippen LogP contribution >= 0.6 is 0 Å². The first kappa shape index (κ1) is 9.75. The number of fused-ring (bicyclic) bond motifs is 5. The quantitative estimate of drug-likeness (QED) is 0.393. The Balaban J connectivity index is 2.01.